The maximum atomic E-state index is 13.4. The van der Waals surface area contributed by atoms with E-state index in [0.717, 1.165) is 17.9 Å². The lowest BCUT2D eigenvalue weighted by Crippen LogP contribution is -2.01. The summed E-state index contributed by atoms with van der Waals surface area (Å²) < 4.78 is 31.5. The van der Waals surface area contributed by atoms with Crippen molar-refractivity contribution in [2.24, 2.45) is 0 Å². The molecule has 2 rings (SSSR count). The molecular weight excluding hydrogens is 248 g/mol. The molecule has 0 aliphatic rings. The number of nitrogens with one attached hydrogen (secondary N) is 1. The molecule has 1 heterocycles. The van der Waals surface area contributed by atoms with Gasteiger partial charge in [-0.1, -0.05) is 11.6 Å². The molecule has 0 unspecified atom stereocenters. The fourth-order valence-corrected chi connectivity index (χ4v) is 1.73. The van der Waals surface area contributed by atoms with Gasteiger partial charge < -0.3 is 9.73 Å². The lowest BCUT2D eigenvalue weighted by Gasteiger charge is -2.08. The van der Waals surface area contributed by atoms with Crippen LogP contribution in [0.2, 0.25) is 5.02 Å². The monoisotopic (exact) mass is 257 g/mol. The van der Waals surface area contributed by atoms with Gasteiger partial charge in [-0.05, 0) is 25.1 Å². The van der Waals surface area contributed by atoms with Gasteiger partial charge in [0.25, 0.3) is 0 Å². The molecule has 0 aliphatic carbocycles. The Kier molecular flexibility index (Phi) is 3.33. The van der Waals surface area contributed by atoms with Crippen molar-refractivity contribution in [3.05, 3.63) is 52.4 Å². The minimum Gasteiger partial charge on any atom is -0.465 e. The molecule has 90 valence electrons. The van der Waals surface area contributed by atoms with E-state index in [4.69, 9.17) is 16.0 Å². The third-order valence-corrected chi connectivity index (χ3v) is 2.54. The molecule has 0 fully saturated rings. The van der Waals surface area contributed by atoms with Gasteiger partial charge in [0.15, 0.2) is 5.82 Å². The second-order valence-corrected chi connectivity index (χ2v) is 4.02. The summed E-state index contributed by atoms with van der Waals surface area (Å²) in [5, 5.41) is 2.78. The van der Waals surface area contributed by atoms with E-state index in [1.165, 1.54) is 0 Å². The highest BCUT2D eigenvalue weighted by Gasteiger charge is 2.10. The molecule has 0 amide bonds. The average Bonchev–Trinajstić information content (AvgIpc) is 2.62. The molecular formula is C12H10ClF2NO. The predicted octanol–water partition coefficient (Wildman–Crippen LogP) is 4.13. The highest BCUT2D eigenvalue weighted by Crippen LogP contribution is 2.26. The third kappa shape index (κ3) is 2.77. The smallest absolute Gasteiger partial charge is 0.150 e. The van der Waals surface area contributed by atoms with Crippen LogP contribution in [0.1, 0.15) is 11.5 Å². The van der Waals surface area contributed by atoms with E-state index in [-0.39, 0.29) is 17.3 Å². The third-order valence-electron chi connectivity index (χ3n) is 2.24. The van der Waals surface area contributed by atoms with Gasteiger partial charge >= 0.3 is 0 Å². The number of furan rings is 1. The number of hydrogen-bond acceptors (Lipinski definition) is 2. The summed E-state index contributed by atoms with van der Waals surface area (Å²) in [7, 11) is 0. The van der Waals surface area contributed by atoms with E-state index in [1.807, 2.05) is 6.92 Å². The summed E-state index contributed by atoms with van der Waals surface area (Å²) in [4.78, 5) is 0. The first-order chi connectivity index (χ1) is 8.06. The van der Waals surface area contributed by atoms with Crippen LogP contribution in [0.5, 0.6) is 0 Å². The Morgan fingerprint density at radius 2 is 2.06 bits per heavy atom. The van der Waals surface area contributed by atoms with Gasteiger partial charge in [-0.15, -0.1) is 0 Å². The fourth-order valence-electron chi connectivity index (χ4n) is 1.47. The van der Waals surface area contributed by atoms with Gasteiger partial charge in [-0.25, -0.2) is 8.78 Å². The molecule has 0 aliphatic heterocycles. The number of anilines is 1. The van der Waals surface area contributed by atoms with E-state index in [2.05, 4.69) is 5.32 Å². The summed E-state index contributed by atoms with van der Waals surface area (Å²) >= 11 is 5.73. The molecule has 1 aromatic carbocycles. The van der Waals surface area contributed by atoms with E-state index in [1.54, 1.807) is 12.1 Å². The zero-order chi connectivity index (χ0) is 12.4. The highest BCUT2D eigenvalue weighted by atomic mass is 35.5. The number of hydrogen-bond donors (Lipinski definition) is 1. The summed E-state index contributed by atoms with van der Waals surface area (Å²) in [5.41, 5.74) is 0.0714. The summed E-state index contributed by atoms with van der Waals surface area (Å²) in [6, 6.07) is 5.42. The standard InChI is InChI=1S/C12H10ClF2NO/c1-7-2-3-9(17-7)6-16-12-10(13)4-8(14)5-11(12)15/h2-5,16H,6H2,1H3. The fraction of sp³-hybridized carbons (Fsp3) is 0.167. The van der Waals surface area contributed by atoms with Gasteiger partial charge in [-0.3, -0.25) is 0 Å². The first-order valence-electron chi connectivity index (χ1n) is 5.00. The normalized spacial score (nSPS) is 10.6. The van der Waals surface area contributed by atoms with Crippen molar-refractivity contribution >= 4 is 17.3 Å². The Morgan fingerprint density at radius 3 is 2.65 bits per heavy atom. The van der Waals surface area contributed by atoms with Gasteiger partial charge in [0.1, 0.15) is 17.3 Å². The predicted molar refractivity (Wildman–Crippen MR) is 62.1 cm³/mol. The van der Waals surface area contributed by atoms with Gasteiger partial charge in [-0.2, -0.15) is 0 Å². The molecule has 1 N–H and O–H groups in total. The lowest BCUT2D eigenvalue weighted by atomic mass is 10.3. The zero-order valence-corrected chi connectivity index (χ0v) is 9.81. The minimum atomic E-state index is -0.724. The van der Waals surface area contributed by atoms with Gasteiger partial charge in [0.2, 0.25) is 0 Å². The van der Waals surface area contributed by atoms with E-state index >= 15 is 0 Å². The number of benzene rings is 1. The maximum Gasteiger partial charge on any atom is 0.150 e. The van der Waals surface area contributed by atoms with Crippen LogP contribution in [0.4, 0.5) is 14.5 Å². The quantitative estimate of drug-likeness (QED) is 0.894. The summed E-state index contributed by atoms with van der Waals surface area (Å²) in [6.07, 6.45) is 0. The molecule has 0 bridgehead atoms. The van der Waals surface area contributed by atoms with E-state index in [9.17, 15) is 8.78 Å². The first kappa shape index (κ1) is 11.9. The van der Waals surface area contributed by atoms with Crippen LogP contribution in [0.3, 0.4) is 0 Å². The van der Waals surface area contributed by atoms with Crippen LogP contribution in [0.25, 0.3) is 0 Å². The zero-order valence-electron chi connectivity index (χ0n) is 9.06. The number of rotatable bonds is 3. The van der Waals surface area contributed by atoms with Gasteiger partial charge in [0, 0.05) is 6.07 Å². The highest BCUT2D eigenvalue weighted by molar-refractivity contribution is 6.33. The van der Waals surface area contributed by atoms with Crippen molar-refractivity contribution in [3.63, 3.8) is 0 Å². The van der Waals surface area contributed by atoms with Crippen LogP contribution in [-0.4, -0.2) is 0 Å². The lowest BCUT2D eigenvalue weighted by molar-refractivity contribution is 0.490. The molecule has 0 spiro atoms. The Bertz CT molecular complexity index is 516. The average molecular weight is 258 g/mol. The minimum absolute atomic E-state index is 0.00535. The number of halogens is 3. The summed E-state index contributed by atoms with van der Waals surface area (Å²) in [5.74, 6) is -0.0000576. The first-order valence-corrected chi connectivity index (χ1v) is 5.38. The topological polar surface area (TPSA) is 25.2 Å². The van der Waals surface area contributed by atoms with Crippen LogP contribution in [0, 0.1) is 18.6 Å². The van der Waals surface area contributed by atoms with Crippen LogP contribution in [-0.2, 0) is 6.54 Å². The molecule has 0 saturated heterocycles. The Hall–Kier alpha value is -1.55. The molecule has 0 saturated carbocycles. The molecule has 2 aromatic rings. The molecule has 2 nitrogen and oxygen atoms in total. The molecule has 1 aromatic heterocycles. The van der Waals surface area contributed by atoms with Crippen LogP contribution < -0.4 is 5.32 Å². The van der Waals surface area contributed by atoms with Gasteiger partial charge in [0.05, 0.1) is 17.3 Å². The second-order valence-electron chi connectivity index (χ2n) is 3.61. The Morgan fingerprint density at radius 1 is 1.29 bits per heavy atom. The molecule has 0 atom stereocenters. The van der Waals surface area contributed by atoms with E-state index in [0.29, 0.717) is 5.76 Å². The van der Waals surface area contributed by atoms with Crippen molar-refractivity contribution in [2.75, 3.05) is 5.32 Å². The Balaban J connectivity index is 2.14. The van der Waals surface area contributed by atoms with E-state index < -0.39 is 11.6 Å². The SMILES string of the molecule is Cc1ccc(CNc2c(F)cc(F)cc2Cl)o1. The van der Waals surface area contributed by atoms with Crippen molar-refractivity contribution in [1.82, 2.24) is 0 Å². The van der Waals surface area contributed by atoms with Crippen molar-refractivity contribution in [3.8, 4) is 0 Å². The van der Waals surface area contributed by atoms with Crippen molar-refractivity contribution in [2.45, 2.75) is 13.5 Å². The Labute approximate surface area is 102 Å². The maximum absolute atomic E-state index is 13.4. The van der Waals surface area contributed by atoms with Crippen molar-refractivity contribution in [1.29, 1.82) is 0 Å². The second kappa shape index (κ2) is 4.75. The largest absolute Gasteiger partial charge is 0.465 e. The molecule has 17 heavy (non-hydrogen) atoms. The van der Waals surface area contributed by atoms with Crippen molar-refractivity contribution < 1.29 is 13.2 Å². The number of aryl methyl sites for hydroxylation is 1. The van der Waals surface area contributed by atoms with Crippen LogP contribution >= 0.6 is 11.6 Å². The molecule has 5 heteroatoms. The molecule has 0 radical (unpaired) electrons. The van der Waals surface area contributed by atoms with Crippen LogP contribution in [0.15, 0.2) is 28.7 Å². The summed E-state index contributed by atoms with van der Waals surface area (Å²) in [6.45, 7) is 2.10.